The average molecular weight is 307 g/mol. The summed E-state index contributed by atoms with van der Waals surface area (Å²) < 4.78 is 17.6. The molecular weight excluding hydrogens is 293 g/mol. The molecule has 0 fully saturated rings. The predicted molar refractivity (Wildman–Crippen MR) is 78.6 cm³/mol. The van der Waals surface area contributed by atoms with Crippen LogP contribution in [-0.4, -0.2) is 18.5 Å². The van der Waals surface area contributed by atoms with Crippen LogP contribution < -0.4 is 5.32 Å². The summed E-state index contributed by atoms with van der Waals surface area (Å²) in [5, 5.41) is 4.45. The van der Waals surface area contributed by atoms with Gasteiger partial charge in [-0.2, -0.15) is 0 Å². The highest BCUT2D eigenvalue weighted by molar-refractivity contribution is 7.09. The molecule has 1 aromatic heterocycles. The van der Waals surface area contributed by atoms with Gasteiger partial charge in [-0.3, -0.25) is 9.59 Å². The van der Waals surface area contributed by atoms with E-state index in [1.807, 2.05) is 17.5 Å². The number of hydrogen-bond acceptors (Lipinski definition) is 4. The number of carbonyl (C=O) groups is 2. The number of hydrogen-bond donors (Lipinski definition) is 1. The first kappa shape index (κ1) is 15.2. The third kappa shape index (κ3) is 5.35. The maximum atomic E-state index is 12.7. The molecule has 0 aliphatic carbocycles. The smallest absolute Gasteiger partial charge is 0.306 e. The van der Waals surface area contributed by atoms with Gasteiger partial charge in [0.2, 0.25) is 0 Å². The monoisotopic (exact) mass is 307 g/mol. The van der Waals surface area contributed by atoms with Gasteiger partial charge in [-0.05, 0) is 42.1 Å². The highest BCUT2D eigenvalue weighted by Gasteiger charge is 2.08. The van der Waals surface area contributed by atoms with Crippen molar-refractivity contribution in [2.24, 2.45) is 0 Å². The highest BCUT2D eigenvalue weighted by atomic mass is 32.1. The fourth-order valence-corrected chi connectivity index (χ4v) is 2.34. The van der Waals surface area contributed by atoms with Gasteiger partial charge in [0.1, 0.15) is 5.82 Å². The first-order valence-corrected chi connectivity index (χ1v) is 7.25. The van der Waals surface area contributed by atoms with Crippen LogP contribution in [-0.2, 0) is 20.7 Å². The Morgan fingerprint density at radius 2 is 1.95 bits per heavy atom. The number of benzene rings is 1. The van der Waals surface area contributed by atoms with E-state index in [0.717, 1.165) is 4.88 Å². The van der Waals surface area contributed by atoms with Crippen LogP contribution in [0.25, 0.3) is 0 Å². The van der Waals surface area contributed by atoms with Crippen molar-refractivity contribution in [3.05, 3.63) is 52.5 Å². The summed E-state index contributed by atoms with van der Waals surface area (Å²) in [6.45, 7) is -0.347. The summed E-state index contributed by atoms with van der Waals surface area (Å²) >= 11 is 1.57. The van der Waals surface area contributed by atoms with Crippen LogP contribution >= 0.6 is 11.3 Å². The molecule has 21 heavy (non-hydrogen) atoms. The Morgan fingerprint density at radius 1 is 1.19 bits per heavy atom. The van der Waals surface area contributed by atoms with Gasteiger partial charge in [0, 0.05) is 10.6 Å². The molecular formula is C15H14FNO3S. The second-order valence-electron chi connectivity index (χ2n) is 4.30. The molecule has 4 nitrogen and oxygen atoms in total. The Labute approximate surface area is 125 Å². The van der Waals surface area contributed by atoms with Crippen molar-refractivity contribution in [2.45, 2.75) is 12.8 Å². The van der Waals surface area contributed by atoms with E-state index in [2.05, 4.69) is 5.32 Å². The number of halogens is 1. The molecule has 0 radical (unpaired) electrons. The molecule has 2 aromatic rings. The number of carbonyl (C=O) groups excluding carboxylic acids is 2. The van der Waals surface area contributed by atoms with Gasteiger partial charge in [0.25, 0.3) is 5.91 Å². The molecule has 0 unspecified atom stereocenters. The van der Waals surface area contributed by atoms with Crippen molar-refractivity contribution in [3.63, 3.8) is 0 Å². The maximum Gasteiger partial charge on any atom is 0.306 e. The third-order valence-electron chi connectivity index (χ3n) is 2.65. The molecule has 0 atom stereocenters. The molecule has 2 rings (SSSR count). The van der Waals surface area contributed by atoms with Crippen molar-refractivity contribution in [3.8, 4) is 0 Å². The third-order valence-corrected chi connectivity index (χ3v) is 3.58. The topological polar surface area (TPSA) is 55.4 Å². The van der Waals surface area contributed by atoms with E-state index in [-0.39, 0.29) is 18.8 Å². The van der Waals surface area contributed by atoms with Crippen molar-refractivity contribution < 1.29 is 18.7 Å². The molecule has 0 saturated carbocycles. The largest absolute Gasteiger partial charge is 0.456 e. The summed E-state index contributed by atoms with van der Waals surface area (Å²) in [7, 11) is 0. The van der Waals surface area contributed by atoms with E-state index < -0.39 is 11.9 Å². The van der Waals surface area contributed by atoms with Gasteiger partial charge in [0.05, 0.1) is 6.42 Å². The molecule has 6 heteroatoms. The van der Waals surface area contributed by atoms with Gasteiger partial charge in [-0.25, -0.2) is 4.39 Å². The van der Waals surface area contributed by atoms with Crippen molar-refractivity contribution in [2.75, 3.05) is 11.9 Å². The van der Waals surface area contributed by atoms with Crippen LogP contribution in [0.3, 0.4) is 0 Å². The number of aryl methyl sites for hydroxylation is 1. The number of thiophene rings is 1. The second-order valence-corrected chi connectivity index (χ2v) is 5.33. The van der Waals surface area contributed by atoms with Crippen molar-refractivity contribution in [1.29, 1.82) is 0 Å². The lowest BCUT2D eigenvalue weighted by Gasteiger charge is -2.06. The molecule has 1 N–H and O–H groups in total. The summed E-state index contributed by atoms with van der Waals surface area (Å²) in [5.41, 5.74) is 0.455. The lowest BCUT2D eigenvalue weighted by Crippen LogP contribution is -2.21. The number of amides is 1. The SMILES string of the molecule is O=C(COC(=O)CCc1cccs1)Nc1ccc(F)cc1. The molecule has 1 amide bonds. The number of nitrogens with one attached hydrogen (secondary N) is 1. The predicted octanol–water partition coefficient (Wildman–Crippen LogP) is 3.00. The fraction of sp³-hybridized carbons (Fsp3) is 0.200. The summed E-state index contributed by atoms with van der Waals surface area (Å²) in [6.07, 6.45) is 0.848. The lowest BCUT2D eigenvalue weighted by atomic mass is 10.3. The molecule has 0 aliphatic rings. The van der Waals surface area contributed by atoms with Gasteiger partial charge >= 0.3 is 5.97 Å². The Hall–Kier alpha value is -2.21. The molecule has 1 heterocycles. The first-order chi connectivity index (χ1) is 10.1. The Bertz CT molecular complexity index is 596. The minimum atomic E-state index is -0.453. The summed E-state index contributed by atoms with van der Waals surface area (Å²) in [5.74, 6) is -1.25. The fourth-order valence-electron chi connectivity index (χ4n) is 1.63. The molecule has 1 aromatic carbocycles. The lowest BCUT2D eigenvalue weighted by molar-refractivity contribution is -0.147. The number of esters is 1. The van der Waals surface area contributed by atoms with Crippen LogP contribution in [0.5, 0.6) is 0 Å². The van der Waals surface area contributed by atoms with Crippen molar-refractivity contribution in [1.82, 2.24) is 0 Å². The van der Waals surface area contributed by atoms with Crippen LogP contribution in [0, 0.1) is 5.82 Å². The Morgan fingerprint density at radius 3 is 2.62 bits per heavy atom. The zero-order chi connectivity index (χ0) is 15.1. The van der Waals surface area contributed by atoms with E-state index in [1.165, 1.54) is 24.3 Å². The Kier molecular flexibility index (Phi) is 5.45. The number of anilines is 1. The van der Waals surface area contributed by atoms with Gasteiger partial charge in [-0.15, -0.1) is 11.3 Å². The summed E-state index contributed by atoms with van der Waals surface area (Å²) in [6, 6.07) is 9.21. The van der Waals surface area contributed by atoms with Gasteiger partial charge < -0.3 is 10.1 Å². The minimum Gasteiger partial charge on any atom is -0.456 e. The standard InChI is InChI=1S/C15H14FNO3S/c16-11-3-5-12(6-4-11)17-14(18)10-20-15(19)8-7-13-2-1-9-21-13/h1-6,9H,7-8,10H2,(H,17,18). The Balaban J connectivity index is 1.68. The quantitative estimate of drug-likeness (QED) is 0.835. The van der Waals surface area contributed by atoms with Crippen LogP contribution in [0.15, 0.2) is 41.8 Å². The average Bonchev–Trinajstić information content (AvgIpc) is 2.99. The van der Waals surface area contributed by atoms with Crippen LogP contribution in [0.2, 0.25) is 0 Å². The first-order valence-electron chi connectivity index (χ1n) is 6.37. The highest BCUT2D eigenvalue weighted by Crippen LogP contribution is 2.11. The zero-order valence-corrected chi connectivity index (χ0v) is 12.0. The van der Waals surface area contributed by atoms with Crippen molar-refractivity contribution >= 4 is 28.9 Å². The molecule has 0 bridgehead atoms. The van der Waals surface area contributed by atoms with Crippen LogP contribution in [0.1, 0.15) is 11.3 Å². The van der Waals surface area contributed by atoms with Gasteiger partial charge in [0.15, 0.2) is 6.61 Å². The van der Waals surface area contributed by atoms with E-state index in [9.17, 15) is 14.0 Å². The molecule has 0 saturated heterocycles. The zero-order valence-electron chi connectivity index (χ0n) is 11.2. The number of rotatable bonds is 6. The van der Waals surface area contributed by atoms with E-state index >= 15 is 0 Å². The number of ether oxygens (including phenoxy) is 1. The van der Waals surface area contributed by atoms with E-state index in [0.29, 0.717) is 12.1 Å². The second kappa shape index (κ2) is 7.54. The normalized spacial score (nSPS) is 10.1. The maximum absolute atomic E-state index is 12.7. The van der Waals surface area contributed by atoms with Gasteiger partial charge in [-0.1, -0.05) is 6.07 Å². The van der Waals surface area contributed by atoms with E-state index in [4.69, 9.17) is 4.74 Å². The minimum absolute atomic E-state index is 0.240. The molecule has 0 aliphatic heterocycles. The van der Waals surface area contributed by atoms with Crippen LogP contribution in [0.4, 0.5) is 10.1 Å². The summed E-state index contributed by atoms with van der Waals surface area (Å²) in [4.78, 5) is 24.1. The molecule has 0 spiro atoms. The molecule has 110 valence electrons. The van der Waals surface area contributed by atoms with E-state index in [1.54, 1.807) is 11.3 Å².